The molecule has 2 heteroatoms. The fraction of sp³-hybridized carbons (Fsp3) is 0.538. The van der Waals surface area contributed by atoms with Crippen molar-refractivity contribution in [3.05, 3.63) is 34.9 Å². The second-order valence-electron chi connectivity index (χ2n) is 4.54. The molecule has 3 unspecified atom stereocenters. The Balaban J connectivity index is 2.00. The minimum Gasteiger partial charge on any atom is -0.0888 e. The van der Waals surface area contributed by atoms with E-state index >= 15 is 0 Å². The molecule has 0 radical (unpaired) electrons. The van der Waals surface area contributed by atoms with E-state index in [2.05, 4.69) is 35.0 Å². The average Bonchev–Trinajstić information content (AvgIpc) is 2.53. The summed E-state index contributed by atoms with van der Waals surface area (Å²) in [5.41, 5.74) is 1.41. The number of benzene rings is 1. The number of alkyl halides is 1. The van der Waals surface area contributed by atoms with E-state index < -0.39 is 0 Å². The summed E-state index contributed by atoms with van der Waals surface area (Å²) in [5.74, 6) is 1.62. The monoisotopic (exact) mass is 286 g/mol. The standard InChI is InChI=1S/C13H16BrCl/c1-9-11(4-7-13(9)14)8-10-2-5-12(15)6-3-10/h2-3,5-6,9,11,13H,4,7-8H2,1H3. The molecule has 1 saturated carbocycles. The fourth-order valence-electron chi connectivity index (χ4n) is 2.41. The van der Waals surface area contributed by atoms with Crippen molar-refractivity contribution in [1.82, 2.24) is 0 Å². The number of rotatable bonds is 2. The van der Waals surface area contributed by atoms with E-state index in [-0.39, 0.29) is 0 Å². The van der Waals surface area contributed by atoms with Crippen LogP contribution in [-0.4, -0.2) is 4.83 Å². The smallest absolute Gasteiger partial charge is 0.0406 e. The predicted octanol–water partition coefficient (Wildman–Crippen LogP) is 4.69. The van der Waals surface area contributed by atoms with Crippen LogP contribution in [0.15, 0.2) is 24.3 Å². The second-order valence-corrected chi connectivity index (χ2v) is 6.16. The van der Waals surface area contributed by atoms with Crippen LogP contribution in [0.1, 0.15) is 25.3 Å². The van der Waals surface area contributed by atoms with Crippen LogP contribution < -0.4 is 0 Å². The number of hydrogen-bond donors (Lipinski definition) is 0. The van der Waals surface area contributed by atoms with Crippen LogP contribution in [-0.2, 0) is 6.42 Å². The highest BCUT2D eigenvalue weighted by molar-refractivity contribution is 9.09. The third-order valence-corrected chi connectivity index (χ3v) is 5.08. The highest BCUT2D eigenvalue weighted by Crippen LogP contribution is 2.38. The van der Waals surface area contributed by atoms with Gasteiger partial charge < -0.3 is 0 Å². The zero-order chi connectivity index (χ0) is 10.8. The Bertz CT molecular complexity index is 320. The van der Waals surface area contributed by atoms with E-state index in [9.17, 15) is 0 Å². The van der Waals surface area contributed by atoms with Gasteiger partial charge in [-0.15, -0.1) is 0 Å². The molecule has 1 fully saturated rings. The van der Waals surface area contributed by atoms with Gasteiger partial charge in [-0.25, -0.2) is 0 Å². The molecule has 15 heavy (non-hydrogen) atoms. The largest absolute Gasteiger partial charge is 0.0888 e. The van der Waals surface area contributed by atoms with Gasteiger partial charge in [0.15, 0.2) is 0 Å². The molecule has 0 saturated heterocycles. The lowest BCUT2D eigenvalue weighted by molar-refractivity contribution is 0.423. The minimum absolute atomic E-state index is 0.717. The molecular weight excluding hydrogens is 272 g/mol. The molecule has 1 aromatic carbocycles. The van der Waals surface area contributed by atoms with Crippen LogP contribution in [0.2, 0.25) is 5.02 Å². The Hall–Kier alpha value is -0.0100. The molecule has 0 spiro atoms. The molecule has 82 valence electrons. The maximum atomic E-state index is 5.87. The third-order valence-electron chi connectivity index (χ3n) is 3.54. The lowest BCUT2D eigenvalue weighted by atomic mass is 9.91. The Morgan fingerprint density at radius 1 is 1.27 bits per heavy atom. The molecule has 0 aromatic heterocycles. The third kappa shape index (κ3) is 2.76. The van der Waals surface area contributed by atoms with Crippen LogP contribution in [0.3, 0.4) is 0 Å². The first kappa shape index (κ1) is 11.5. The Kier molecular flexibility index (Phi) is 3.73. The van der Waals surface area contributed by atoms with Gasteiger partial charge in [-0.3, -0.25) is 0 Å². The highest BCUT2D eigenvalue weighted by Gasteiger charge is 2.30. The first-order valence-electron chi connectivity index (χ1n) is 5.55. The molecule has 0 amide bonds. The summed E-state index contributed by atoms with van der Waals surface area (Å²) in [7, 11) is 0. The maximum absolute atomic E-state index is 5.87. The molecule has 3 atom stereocenters. The van der Waals surface area contributed by atoms with Crippen molar-refractivity contribution in [3.63, 3.8) is 0 Å². The van der Waals surface area contributed by atoms with E-state index in [1.54, 1.807) is 0 Å². The van der Waals surface area contributed by atoms with Crippen LogP contribution in [0, 0.1) is 11.8 Å². The van der Waals surface area contributed by atoms with Gasteiger partial charge in [0.2, 0.25) is 0 Å². The molecule has 2 rings (SSSR count). The van der Waals surface area contributed by atoms with E-state index in [1.165, 1.54) is 24.8 Å². The molecule has 1 aromatic rings. The first-order valence-corrected chi connectivity index (χ1v) is 6.84. The van der Waals surface area contributed by atoms with Crippen molar-refractivity contribution in [2.45, 2.75) is 31.0 Å². The summed E-state index contributed by atoms with van der Waals surface area (Å²) in [5, 5.41) is 0.830. The Morgan fingerprint density at radius 2 is 1.93 bits per heavy atom. The Morgan fingerprint density at radius 3 is 2.47 bits per heavy atom. The number of hydrogen-bond acceptors (Lipinski definition) is 0. The summed E-state index contributed by atoms with van der Waals surface area (Å²) >= 11 is 9.62. The fourth-order valence-corrected chi connectivity index (χ4v) is 3.23. The van der Waals surface area contributed by atoms with E-state index in [0.29, 0.717) is 0 Å². The summed E-state index contributed by atoms with van der Waals surface area (Å²) in [6, 6.07) is 8.28. The quantitative estimate of drug-likeness (QED) is 0.692. The van der Waals surface area contributed by atoms with E-state index in [0.717, 1.165) is 21.7 Å². The predicted molar refractivity (Wildman–Crippen MR) is 69.8 cm³/mol. The molecule has 1 aliphatic rings. The van der Waals surface area contributed by atoms with Crippen molar-refractivity contribution in [1.29, 1.82) is 0 Å². The van der Waals surface area contributed by atoms with Crippen LogP contribution in [0.4, 0.5) is 0 Å². The highest BCUT2D eigenvalue weighted by atomic mass is 79.9. The van der Waals surface area contributed by atoms with Gasteiger partial charge in [0.1, 0.15) is 0 Å². The Labute approximate surface area is 105 Å². The molecule has 0 nitrogen and oxygen atoms in total. The van der Waals surface area contributed by atoms with Crippen LogP contribution in [0.25, 0.3) is 0 Å². The summed E-state index contributed by atoms with van der Waals surface area (Å²) in [4.78, 5) is 0.717. The van der Waals surface area contributed by atoms with Gasteiger partial charge in [-0.1, -0.05) is 46.6 Å². The van der Waals surface area contributed by atoms with Crippen LogP contribution in [0.5, 0.6) is 0 Å². The minimum atomic E-state index is 0.717. The van der Waals surface area contributed by atoms with Gasteiger partial charge in [0.05, 0.1) is 0 Å². The molecule has 0 bridgehead atoms. The van der Waals surface area contributed by atoms with Crippen molar-refractivity contribution in [2.24, 2.45) is 11.8 Å². The SMILES string of the molecule is CC1C(Br)CCC1Cc1ccc(Cl)cc1. The lowest BCUT2D eigenvalue weighted by Gasteiger charge is -2.17. The molecule has 0 aliphatic heterocycles. The van der Waals surface area contributed by atoms with Gasteiger partial charge in [0.25, 0.3) is 0 Å². The number of halogens is 2. The van der Waals surface area contributed by atoms with Gasteiger partial charge >= 0.3 is 0 Å². The van der Waals surface area contributed by atoms with Gasteiger partial charge in [-0.05, 0) is 48.8 Å². The van der Waals surface area contributed by atoms with Crippen molar-refractivity contribution >= 4 is 27.5 Å². The van der Waals surface area contributed by atoms with E-state index in [1.807, 2.05) is 12.1 Å². The topological polar surface area (TPSA) is 0 Å². The molecule has 1 aliphatic carbocycles. The molecular formula is C13H16BrCl. The zero-order valence-electron chi connectivity index (χ0n) is 8.92. The zero-order valence-corrected chi connectivity index (χ0v) is 11.3. The summed E-state index contributed by atoms with van der Waals surface area (Å²) < 4.78 is 0. The van der Waals surface area contributed by atoms with E-state index in [4.69, 9.17) is 11.6 Å². The van der Waals surface area contributed by atoms with Gasteiger partial charge in [-0.2, -0.15) is 0 Å². The van der Waals surface area contributed by atoms with Crippen molar-refractivity contribution in [2.75, 3.05) is 0 Å². The maximum Gasteiger partial charge on any atom is 0.0406 e. The summed E-state index contributed by atoms with van der Waals surface area (Å²) in [6.45, 7) is 2.35. The van der Waals surface area contributed by atoms with Crippen molar-refractivity contribution in [3.8, 4) is 0 Å². The first-order chi connectivity index (χ1) is 7.16. The molecule has 0 N–H and O–H groups in total. The summed E-state index contributed by atoms with van der Waals surface area (Å²) in [6.07, 6.45) is 3.86. The molecule has 0 heterocycles. The van der Waals surface area contributed by atoms with Gasteiger partial charge in [0, 0.05) is 9.85 Å². The normalized spacial score (nSPS) is 30.7. The lowest BCUT2D eigenvalue weighted by Crippen LogP contribution is -2.12. The van der Waals surface area contributed by atoms with Crippen molar-refractivity contribution < 1.29 is 0 Å². The average molecular weight is 288 g/mol. The van der Waals surface area contributed by atoms with Crippen LogP contribution >= 0.6 is 27.5 Å². The second kappa shape index (κ2) is 4.88.